The summed E-state index contributed by atoms with van der Waals surface area (Å²) in [6.07, 6.45) is 2.19. The summed E-state index contributed by atoms with van der Waals surface area (Å²) < 4.78 is 5.05. The topological polar surface area (TPSA) is 32.7 Å². The summed E-state index contributed by atoms with van der Waals surface area (Å²) in [6.45, 7) is 7.79. The average molecular weight is 201 g/mol. The van der Waals surface area contributed by atoms with Crippen molar-refractivity contribution in [2.24, 2.45) is 5.92 Å². The second-order valence-corrected chi connectivity index (χ2v) is 4.86. The molecule has 1 saturated heterocycles. The molecule has 0 spiro atoms. The largest absolute Gasteiger partial charge is 0.396 e. The normalized spacial score (nSPS) is 27.0. The molecule has 14 heavy (non-hydrogen) atoms. The molecule has 1 unspecified atom stereocenters. The Labute approximate surface area is 87.1 Å². The summed E-state index contributed by atoms with van der Waals surface area (Å²) in [7, 11) is 1.74. The van der Waals surface area contributed by atoms with Crippen molar-refractivity contribution in [1.29, 1.82) is 0 Å². The fourth-order valence-corrected chi connectivity index (χ4v) is 2.37. The molecule has 1 fully saturated rings. The van der Waals surface area contributed by atoms with Crippen molar-refractivity contribution in [3.8, 4) is 0 Å². The van der Waals surface area contributed by atoms with Crippen molar-refractivity contribution in [2.45, 2.75) is 32.2 Å². The van der Waals surface area contributed by atoms with Crippen LogP contribution in [0, 0.1) is 5.92 Å². The molecule has 1 N–H and O–H groups in total. The van der Waals surface area contributed by atoms with Crippen LogP contribution in [0.25, 0.3) is 0 Å². The highest BCUT2D eigenvalue weighted by molar-refractivity contribution is 4.92. The fourth-order valence-electron chi connectivity index (χ4n) is 2.37. The van der Waals surface area contributed by atoms with Crippen molar-refractivity contribution >= 4 is 0 Å². The lowest BCUT2D eigenvalue weighted by Crippen LogP contribution is -2.39. The number of methoxy groups -OCH3 is 1. The molecule has 0 aromatic carbocycles. The van der Waals surface area contributed by atoms with E-state index in [9.17, 15) is 0 Å². The predicted octanol–water partition coefficient (Wildman–Crippen LogP) is 1.12. The maximum absolute atomic E-state index is 9.14. The number of likely N-dealkylation sites (tertiary alicyclic amines) is 1. The molecule has 84 valence electrons. The molecule has 0 aliphatic carbocycles. The Kier molecular flexibility index (Phi) is 4.35. The fraction of sp³-hybridized carbons (Fsp3) is 1.00. The van der Waals surface area contributed by atoms with Crippen LogP contribution in [-0.2, 0) is 4.74 Å². The smallest absolute Gasteiger partial charge is 0.0474 e. The third-order valence-corrected chi connectivity index (χ3v) is 3.16. The molecule has 1 atom stereocenters. The zero-order valence-corrected chi connectivity index (χ0v) is 9.62. The van der Waals surface area contributed by atoms with E-state index in [2.05, 4.69) is 18.7 Å². The number of rotatable bonds is 5. The lowest BCUT2D eigenvalue weighted by atomic mass is 9.97. The van der Waals surface area contributed by atoms with Crippen LogP contribution in [0.15, 0.2) is 0 Å². The molecular weight excluding hydrogens is 178 g/mol. The molecular formula is C11H23NO2. The third-order valence-electron chi connectivity index (χ3n) is 3.16. The molecule has 0 aromatic rings. The first kappa shape index (κ1) is 12.0. The van der Waals surface area contributed by atoms with Gasteiger partial charge in [-0.1, -0.05) is 0 Å². The number of aliphatic hydroxyl groups is 1. The number of hydrogen-bond donors (Lipinski definition) is 1. The highest BCUT2D eigenvalue weighted by atomic mass is 16.5. The first-order chi connectivity index (χ1) is 6.60. The van der Waals surface area contributed by atoms with Crippen LogP contribution in [-0.4, -0.2) is 49.0 Å². The van der Waals surface area contributed by atoms with E-state index in [-0.39, 0.29) is 5.54 Å². The first-order valence-electron chi connectivity index (χ1n) is 5.45. The summed E-state index contributed by atoms with van der Waals surface area (Å²) in [5.41, 5.74) is 0.251. The minimum absolute atomic E-state index is 0.251. The van der Waals surface area contributed by atoms with E-state index in [1.807, 2.05) is 0 Å². The van der Waals surface area contributed by atoms with Crippen LogP contribution in [0.4, 0.5) is 0 Å². The number of hydrogen-bond acceptors (Lipinski definition) is 3. The van der Waals surface area contributed by atoms with Gasteiger partial charge in [0.1, 0.15) is 0 Å². The quantitative estimate of drug-likeness (QED) is 0.676. The Balaban J connectivity index is 2.36. The maximum Gasteiger partial charge on any atom is 0.0474 e. The molecule has 3 nitrogen and oxygen atoms in total. The Morgan fingerprint density at radius 1 is 1.50 bits per heavy atom. The Hall–Kier alpha value is -0.120. The van der Waals surface area contributed by atoms with E-state index in [0.717, 1.165) is 32.5 Å². The van der Waals surface area contributed by atoms with E-state index in [1.54, 1.807) is 7.11 Å². The summed E-state index contributed by atoms with van der Waals surface area (Å²) in [4.78, 5) is 2.47. The van der Waals surface area contributed by atoms with Crippen molar-refractivity contribution in [3.63, 3.8) is 0 Å². The molecule has 0 aromatic heterocycles. The number of nitrogens with zero attached hydrogens (tertiary/aromatic N) is 1. The van der Waals surface area contributed by atoms with Crippen LogP contribution in [0.5, 0.6) is 0 Å². The van der Waals surface area contributed by atoms with Gasteiger partial charge < -0.3 is 9.84 Å². The molecule has 0 amide bonds. The second kappa shape index (κ2) is 5.10. The first-order valence-corrected chi connectivity index (χ1v) is 5.45. The van der Waals surface area contributed by atoms with Gasteiger partial charge >= 0.3 is 0 Å². The van der Waals surface area contributed by atoms with Crippen LogP contribution in [0.1, 0.15) is 26.7 Å². The van der Waals surface area contributed by atoms with Gasteiger partial charge in [-0.15, -0.1) is 0 Å². The monoisotopic (exact) mass is 201 g/mol. The van der Waals surface area contributed by atoms with Gasteiger partial charge in [0.25, 0.3) is 0 Å². The third kappa shape index (κ3) is 2.94. The average Bonchev–Trinajstić information content (AvgIpc) is 2.42. The van der Waals surface area contributed by atoms with Crippen LogP contribution >= 0.6 is 0 Å². The van der Waals surface area contributed by atoms with E-state index >= 15 is 0 Å². The Bertz CT molecular complexity index is 171. The molecule has 1 aliphatic rings. The summed E-state index contributed by atoms with van der Waals surface area (Å²) in [5.74, 6) is 0.465. The lowest BCUT2D eigenvalue weighted by Gasteiger charge is -2.31. The van der Waals surface area contributed by atoms with Gasteiger partial charge in [-0.25, -0.2) is 0 Å². The molecule has 1 aliphatic heterocycles. The van der Waals surface area contributed by atoms with E-state index < -0.39 is 0 Å². The summed E-state index contributed by atoms with van der Waals surface area (Å²) in [5, 5.41) is 9.14. The van der Waals surface area contributed by atoms with Gasteiger partial charge in [-0.2, -0.15) is 0 Å². The maximum atomic E-state index is 9.14. The van der Waals surface area contributed by atoms with Gasteiger partial charge in [-0.05, 0) is 32.6 Å². The lowest BCUT2D eigenvalue weighted by molar-refractivity contribution is 0.137. The number of ether oxygens (including phenoxy) is 1. The molecule has 3 heteroatoms. The van der Waals surface area contributed by atoms with Gasteiger partial charge in [0.2, 0.25) is 0 Å². The van der Waals surface area contributed by atoms with Gasteiger partial charge in [0, 0.05) is 39.0 Å². The highest BCUT2D eigenvalue weighted by Crippen LogP contribution is 2.32. The summed E-state index contributed by atoms with van der Waals surface area (Å²) >= 11 is 0. The molecule has 1 heterocycles. The van der Waals surface area contributed by atoms with Gasteiger partial charge in [-0.3, -0.25) is 4.90 Å². The number of aliphatic hydroxyl groups excluding tert-OH is 1. The molecule has 0 saturated carbocycles. The van der Waals surface area contributed by atoms with E-state index in [1.165, 1.54) is 0 Å². The van der Waals surface area contributed by atoms with Gasteiger partial charge in [0.15, 0.2) is 0 Å². The minimum Gasteiger partial charge on any atom is -0.396 e. The van der Waals surface area contributed by atoms with E-state index in [4.69, 9.17) is 9.84 Å². The molecule has 0 bridgehead atoms. The highest BCUT2D eigenvalue weighted by Gasteiger charge is 2.37. The van der Waals surface area contributed by atoms with E-state index in [0.29, 0.717) is 12.5 Å². The molecule has 1 rings (SSSR count). The van der Waals surface area contributed by atoms with Crippen molar-refractivity contribution in [1.82, 2.24) is 4.90 Å². The predicted molar refractivity (Wildman–Crippen MR) is 57.3 cm³/mol. The van der Waals surface area contributed by atoms with Crippen molar-refractivity contribution < 1.29 is 9.84 Å². The van der Waals surface area contributed by atoms with Gasteiger partial charge in [0.05, 0.1) is 0 Å². The zero-order valence-electron chi connectivity index (χ0n) is 9.62. The minimum atomic E-state index is 0.251. The standard InChI is InChI=1S/C11H23NO2/c1-11(2)7-10(9-13)8-12(11)5-4-6-14-3/h10,13H,4-9H2,1-3H3. The van der Waals surface area contributed by atoms with Crippen LogP contribution < -0.4 is 0 Å². The zero-order chi connectivity index (χ0) is 10.6. The Morgan fingerprint density at radius 3 is 2.71 bits per heavy atom. The van der Waals surface area contributed by atoms with Crippen molar-refractivity contribution in [3.05, 3.63) is 0 Å². The summed E-state index contributed by atoms with van der Waals surface area (Å²) in [6, 6.07) is 0. The SMILES string of the molecule is COCCCN1CC(CO)CC1(C)C. The molecule has 0 radical (unpaired) electrons. The Morgan fingerprint density at radius 2 is 2.21 bits per heavy atom. The van der Waals surface area contributed by atoms with Crippen LogP contribution in [0.2, 0.25) is 0 Å². The second-order valence-electron chi connectivity index (χ2n) is 4.86. The van der Waals surface area contributed by atoms with Crippen LogP contribution in [0.3, 0.4) is 0 Å². The van der Waals surface area contributed by atoms with Crippen molar-refractivity contribution in [2.75, 3.05) is 33.4 Å².